The van der Waals surface area contributed by atoms with E-state index in [0.29, 0.717) is 23.3 Å². The number of rotatable bonds is 9. The summed E-state index contributed by atoms with van der Waals surface area (Å²) in [4.78, 5) is 12.2. The second-order valence-electron chi connectivity index (χ2n) is 9.81. The maximum atomic E-state index is 12.2. The maximum absolute atomic E-state index is 12.2. The normalized spacial score (nSPS) is 11.8. The minimum absolute atomic E-state index is 0.0557. The SMILES string of the molecule is CC(C)Cc1c(C(C)C)c2cc(C(C)C)ccc2n1Cc1ccc(C(=O)NCCO)cc1. The van der Waals surface area contributed by atoms with Gasteiger partial charge in [-0.05, 0) is 65.1 Å². The molecule has 0 atom stereocenters. The molecule has 2 N–H and O–H groups in total. The van der Waals surface area contributed by atoms with Crippen LogP contribution in [-0.4, -0.2) is 28.7 Å². The molecule has 172 valence electrons. The summed E-state index contributed by atoms with van der Waals surface area (Å²) < 4.78 is 2.48. The van der Waals surface area contributed by atoms with E-state index in [0.717, 1.165) is 13.0 Å². The predicted octanol–water partition coefficient (Wildman–Crippen LogP) is 5.86. The highest BCUT2D eigenvalue weighted by Crippen LogP contribution is 2.36. The molecule has 0 fully saturated rings. The molecule has 1 heterocycles. The van der Waals surface area contributed by atoms with E-state index in [1.54, 1.807) is 0 Å². The number of nitrogens with zero attached hydrogens (tertiary/aromatic N) is 1. The van der Waals surface area contributed by atoms with Crippen LogP contribution in [0.25, 0.3) is 10.9 Å². The van der Waals surface area contributed by atoms with Gasteiger partial charge in [0, 0.05) is 35.2 Å². The lowest BCUT2D eigenvalue weighted by molar-refractivity contribution is 0.0944. The molecule has 0 aliphatic heterocycles. The number of fused-ring (bicyclic) bond motifs is 1. The van der Waals surface area contributed by atoms with E-state index in [9.17, 15) is 4.79 Å². The second kappa shape index (κ2) is 10.4. The minimum Gasteiger partial charge on any atom is -0.395 e. The molecular formula is C28H38N2O2. The standard InChI is InChI=1S/C28H38N2O2/c1-18(2)15-26-27(20(5)6)24-16-23(19(3)4)11-12-25(24)30(26)17-21-7-9-22(10-8-21)28(32)29-13-14-31/h7-12,16,18-20,31H,13-15,17H2,1-6H3,(H,29,32). The Labute approximate surface area is 192 Å². The van der Waals surface area contributed by atoms with Gasteiger partial charge in [-0.1, -0.05) is 59.7 Å². The largest absolute Gasteiger partial charge is 0.395 e. The third-order valence-corrected chi connectivity index (χ3v) is 6.04. The molecule has 0 spiro atoms. The van der Waals surface area contributed by atoms with Crippen LogP contribution in [0.15, 0.2) is 42.5 Å². The third kappa shape index (κ3) is 5.24. The van der Waals surface area contributed by atoms with Crippen LogP contribution >= 0.6 is 0 Å². The number of hydrogen-bond donors (Lipinski definition) is 2. The van der Waals surface area contributed by atoms with Crippen molar-refractivity contribution in [3.63, 3.8) is 0 Å². The van der Waals surface area contributed by atoms with Gasteiger partial charge >= 0.3 is 0 Å². The Morgan fingerprint density at radius 3 is 2.22 bits per heavy atom. The van der Waals surface area contributed by atoms with E-state index in [-0.39, 0.29) is 19.1 Å². The van der Waals surface area contributed by atoms with Crippen LogP contribution in [0, 0.1) is 5.92 Å². The summed E-state index contributed by atoms with van der Waals surface area (Å²) in [6, 6.07) is 14.8. The molecule has 1 amide bonds. The lowest BCUT2D eigenvalue weighted by Crippen LogP contribution is -2.26. The summed E-state index contributed by atoms with van der Waals surface area (Å²) in [6.45, 7) is 14.7. The summed E-state index contributed by atoms with van der Waals surface area (Å²) in [7, 11) is 0. The van der Waals surface area contributed by atoms with E-state index in [1.807, 2.05) is 24.3 Å². The average Bonchev–Trinajstić information content (AvgIpc) is 3.04. The minimum atomic E-state index is -0.152. The number of aliphatic hydroxyl groups excluding tert-OH is 1. The first-order valence-electron chi connectivity index (χ1n) is 11.9. The summed E-state index contributed by atoms with van der Waals surface area (Å²) in [5, 5.41) is 13.0. The highest BCUT2D eigenvalue weighted by atomic mass is 16.3. The lowest BCUT2D eigenvalue weighted by Gasteiger charge is -2.16. The van der Waals surface area contributed by atoms with E-state index in [1.165, 1.54) is 33.3 Å². The predicted molar refractivity (Wildman–Crippen MR) is 134 cm³/mol. The topological polar surface area (TPSA) is 54.3 Å². The molecule has 0 bridgehead atoms. The number of hydrogen-bond acceptors (Lipinski definition) is 2. The van der Waals surface area contributed by atoms with Gasteiger partial charge in [0.05, 0.1) is 6.61 Å². The molecule has 0 radical (unpaired) electrons. The Morgan fingerprint density at radius 1 is 0.969 bits per heavy atom. The van der Waals surface area contributed by atoms with E-state index >= 15 is 0 Å². The summed E-state index contributed by atoms with van der Waals surface area (Å²) in [5.41, 5.74) is 7.36. The Morgan fingerprint density at radius 2 is 1.66 bits per heavy atom. The molecule has 32 heavy (non-hydrogen) atoms. The van der Waals surface area contributed by atoms with Crippen LogP contribution in [0.3, 0.4) is 0 Å². The van der Waals surface area contributed by atoms with Crippen LogP contribution in [0.2, 0.25) is 0 Å². The number of benzene rings is 2. The van der Waals surface area contributed by atoms with Crippen molar-refractivity contribution in [3.8, 4) is 0 Å². The third-order valence-electron chi connectivity index (χ3n) is 6.04. The molecule has 1 aromatic heterocycles. The molecule has 0 saturated heterocycles. The molecule has 0 saturated carbocycles. The van der Waals surface area contributed by atoms with Crippen LogP contribution < -0.4 is 5.32 Å². The molecule has 4 nitrogen and oxygen atoms in total. The van der Waals surface area contributed by atoms with Crippen LogP contribution in [0.4, 0.5) is 0 Å². The highest BCUT2D eigenvalue weighted by Gasteiger charge is 2.21. The number of amides is 1. The van der Waals surface area contributed by atoms with Crippen molar-refractivity contribution >= 4 is 16.8 Å². The Balaban J connectivity index is 2.05. The molecule has 4 heteroatoms. The van der Waals surface area contributed by atoms with Gasteiger partial charge in [0.15, 0.2) is 0 Å². The Bertz CT molecular complexity index is 1060. The molecule has 0 aliphatic carbocycles. The number of aromatic nitrogens is 1. The molecule has 0 unspecified atom stereocenters. The summed E-state index contributed by atoms with van der Waals surface area (Å²) in [5.74, 6) is 1.37. The molecule has 3 aromatic rings. The first-order valence-corrected chi connectivity index (χ1v) is 11.9. The molecular weight excluding hydrogens is 396 g/mol. The van der Waals surface area contributed by atoms with Crippen molar-refractivity contribution < 1.29 is 9.90 Å². The molecule has 3 rings (SSSR count). The zero-order valence-corrected chi connectivity index (χ0v) is 20.4. The smallest absolute Gasteiger partial charge is 0.251 e. The molecule has 2 aromatic carbocycles. The van der Waals surface area contributed by atoms with Gasteiger partial charge in [-0.15, -0.1) is 0 Å². The van der Waals surface area contributed by atoms with Crippen molar-refractivity contribution in [2.75, 3.05) is 13.2 Å². The Kier molecular flexibility index (Phi) is 7.78. The number of carbonyl (C=O) groups excluding carboxylic acids is 1. The van der Waals surface area contributed by atoms with Crippen LogP contribution in [0.1, 0.15) is 86.1 Å². The van der Waals surface area contributed by atoms with E-state index in [2.05, 4.69) is 69.6 Å². The number of aliphatic hydroxyl groups is 1. The van der Waals surface area contributed by atoms with Crippen LogP contribution in [0.5, 0.6) is 0 Å². The maximum Gasteiger partial charge on any atom is 0.251 e. The summed E-state index contributed by atoms with van der Waals surface area (Å²) in [6.07, 6.45) is 1.04. The van der Waals surface area contributed by atoms with Crippen molar-refractivity contribution in [2.24, 2.45) is 5.92 Å². The zero-order valence-electron chi connectivity index (χ0n) is 20.4. The van der Waals surface area contributed by atoms with Crippen molar-refractivity contribution in [2.45, 2.75) is 66.3 Å². The molecule has 0 aliphatic rings. The lowest BCUT2D eigenvalue weighted by atomic mass is 9.93. The first-order chi connectivity index (χ1) is 15.2. The van der Waals surface area contributed by atoms with Gasteiger partial charge in [0.25, 0.3) is 5.91 Å². The number of carbonyl (C=O) groups is 1. The quantitative estimate of drug-likeness (QED) is 0.443. The fourth-order valence-corrected chi connectivity index (χ4v) is 4.46. The summed E-state index contributed by atoms with van der Waals surface area (Å²) >= 11 is 0. The van der Waals surface area contributed by atoms with Gasteiger partial charge in [0.1, 0.15) is 0 Å². The van der Waals surface area contributed by atoms with Gasteiger partial charge < -0.3 is 15.0 Å². The van der Waals surface area contributed by atoms with Gasteiger partial charge in [-0.3, -0.25) is 4.79 Å². The van der Waals surface area contributed by atoms with Crippen molar-refractivity contribution in [3.05, 3.63) is 70.4 Å². The highest BCUT2D eigenvalue weighted by molar-refractivity contribution is 5.94. The second-order valence-corrected chi connectivity index (χ2v) is 9.81. The monoisotopic (exact) mass is 434 g/mol. The average molecular weight is 435 g/mol. The van der Waals surface area contributed by atoms with Crippen LogP contribution in [-0.2, 0) is 13.0 Å². The van der Waals surface area contributed by atoms with Gasteiger partial charge in [-0.2, -0.15) is 0 Å². The van der Waals surface area contributed by atoms with E-state index in [4.69, 9.17) is 5.11 Å². The van der Waals surface area contributed by atoms with Gasteiger partial charge in [0.2, 0.25) is 0 Å². The van der Waals surface area contributed by atoms with E-state index < -0.39 is 0 Å². The fourth-order valence-electron chi connectivity index (χ4n) is 4.46. The van der Waals surface area contributed by atoms with Gasteiger partial charge in [-0.25, -0.2) is 0 Å². The van der Waals surface area contributed by atoms with Crippen molar-refractivity contribution in [1.29, 1.82) is 0 Å². The fraction of sp³-hybridized carbons (Fsp3) is 0.464. The first kappa shape index (κ1) is 24.1. The zero-order chi connectivity index (χ0) is 23.4. The number of nitrogens with one attached hydrogen (secondary N) is 1. The van der Waals surface area contributed by atoms with Crippen molar-refractivity contribution in [1.82, 2.24) is 9.88 Å². The Hall–Kier alpha value is -2.59.